The highest BCUT2D eigenvalue weighted by Gasteiger charge is 2.50. The van der Waals surface area contributed by atoms with Crippen molar-refractivity contribution in [3.63, 3.8) is 0 Å². The van der Waals surface area contributed by atoms with E-state index in [9.17, 15) is 14.4 Å². The molecule has 2 aromatic heterocycles. The highest BCUT2D eigenvalue weighted by atomic mass is 32.1. The van der Waals surface area contributed by atoms with Crippen LogP contribution in [-0.4, -0.2) is 33.7 Å². The van der Waals surface area contributed by atoms with E-state index in [1.807, 2.05) is 55.6 Å². The molecule has 3 heterocycles. The van der Waals surface area contributed by atoms with Gasteiger partial charge in [-0.2, -0.15) is 0 Å². The van der Waals surface area contributed by atoms with Crippen molar-refractivity contribution in [3.05, 3.63) is 81.3 Å². The third kappa shape index (κ3) is 3.81. The van der Waals surface area contributed by atoms with E-state index in [4.69, 9.17) is 0 Å². The Kier molecular flexibility index (Phi) is 5.54. The van der Waals surface area contributed by atoms with Crippen molar-refractivity contribution < 1.29 is 14.4 Å². The van der Waals surface area contributed by atoms with Gasteiger partial charge in [-0.3, -0.25) is 14.5 Å². The van der Waals surface area contributed by atoms with Crippen LogP contribution in [0.25, 0.3) is 0 Å². The number of aryl methyl sites for hydroxylation is 2. The van der Waals surface area contributed by atoms with Crippen LogP contribution >= 0.6 is 11.3 Å². The van der Waals surface area contributed by atoms with Crippen molar-refractivity contribution in [2.45, 2.75) is 39.3 Å². The molecular formula is C24H25N3O3S. The molecule has 1 fully saturated rings. The highest BCUT2D eigenvalue weighted by molar-refractivity contribution is 7.10. The Hall–Kier alpha value is -3.19. The number of ketones is 1. The predicted octanol–water partition coefficient (Wildman–Crippen LogP) is 4.06. The molecule has 1 aliphatic heterocycles. The molecule has 1 aromatic carbocycles. The molecule has 4 rings (SSSR count). The number of carbonyl (C=O) groups is 3. The Morgan fingerprint density at radius 1 is 1.10 bits per heavy atom. The molecule has 0 spiro atoms. The first-order chi connectivity index (χ1) is 14.8. The number of hydrogen-bond donors (Lipinski definition) is 1. The molecule has 3 amide bonds. The molecule has 0 radical (unpaired) electrons. The Balaban J connectivity index is 1.50. The molecule has 31 heavy (non-hydrogen) atoms. The number of nitrogens with one attached hydrogen (secondary N) is 1. The van der Waals surface area contributed by atoms with Gasteiger partial charge in [-0.25, -0.2) is 4.79 Å². The maximum atomic E-state index is 13.1. The van der Waals surface area contributed by atoms with E-state index in [0.717, 1.165) is 34.1 Å². The van der Waals surface area contributed by atoms with Crippen LogP contribution in [0.3, 0.4) is 0 Å². The van der Waals surface area contributed by atoms with E-state index in [1.54, 1.807) is 6.92 Å². The Morgan fingerprint density at radius 2 is 1.84 bits per heavy atom. The lowest BCUT2D eigenvalue weighted by atomic mass is 10.0. The zero-order valence-electron chi connectivity index (χ0n) is 17.8. The van der Waals surface area contributed by atoms with Crippen molar-refractivity contribution in [3.8, 4) is 0 Å². The molecule has 160 valence electrons. The quantitative estimate of drug-likeness (QED) is 0.449. The average Bonchev–Trinajstić information content (AvgIpc) is 3.44. The number of carbonyl (C=O) groups excluding carboxylic acids is 3. The van der Waals surface area contributed by atoms with Crippen LogP contribution in [0, 0.1) is 13.8 Å². The number of benzene rings is 1. The summed E-state index contributed by atoms with van der Waals surface area (Å²) in [6.07, 6.45) is 0.858. The molecular weight excluding hydrogens is 410 g/mol. The van der Waals surface area contributed by atoms with Crippen molar-refractivity contribution >= 4 is 29.1 Å². The average molecular weight is 436 g/mol. The molecule has 6 nitrogen and oxygen atoms in total. The number of aromatic nitrogens is 1. The van der Waals surface area contributed by atoms with Gasteiger partial charge in [0.1, 0.15) is 0 Å². The lowest BCUT2D eigenvalue weighted by Gasteiger charge is -2.19. The normalized spacial score (nSPS) is 18.5. The number of thiophene rings is 1. The van der Waals surface area contributed by atoms with Crippen LogP contribution in [0.5, 0.6) is 0 Å². The first-order valence-electron chi connectivity index (χ1n) is 10.2. The Bertz CT molecular complexity index is 1130. The van der Waals surface area contributed by atoms with Crippen LogP contribution in [0.15, 0.2) is 53.9 Å². The van der Waals surface area contributed by atoms with Gasteiger partial charge in [-0.15, -0.1) is 11.3 Å². The molecule has 1 aliphatic rings. The van der Waals surface area contributed by atoms with Crippen molar-refractivity contribution in [1.29, 1.82) is 0 Å². The minimum absolute atomic E-state index is 0.238. The first kappa shape index (κ1) is 21.1. The monoisotopic (exact) mass is 435 g/mol. The minimum atomic E-state index is -1.13. The van der Waals surface area contributed by atoms with Gasteiger partial charge in [-0.05, 0) is 50.3 Å². The topological polar surface area (TPSA) is 71.4 Å². The molecule has 0 saturated carbocycles. The van der Waals surface area contributed by atoms with Crippen LogP contribution in [0.4, 0.5) is 4.79 Å². The number of Topliss-reactive ketones (excluding diaryl/α,β-unsaturated/α-hetero) is 1. The summed E-state index contributed by atoms with van der Waals surface area (Å²) >= 11 is 1.40. The van der Waals surface area contributed by atoms with Gasteiger partial charge < -0.3 is 9.88 Å². The Labute approximate surface area is 185 Å². The van der Waals surface area contributed by atoms with Crippen molar-refractivity contribution in [2.24, 2.45) is 0 Å². The third-order valence-corrected chi connectivity index (χ3v) is 7.02. The van der Waals surface area contributed by atoms with Crippen LogP contribution in [-0.2, 0) is 23.3 Å². The van der Waals surface area contributed by atoms with Gasteiger partial charge >= 0.3 is 6.03 Å². The lowest BCUT2D eigenvalue weighted by molar-refractivity contribution is -0.130. The molecule has 1 N–H and O–H groups in total. The van der Waals surface area contributed by atoms with Crippen molar-refractivity contribution in [1.82, 2.24) is 14.8 Å². The summed E-state index contributed by atoms with van der Waals surface area (Å²) < 4.78 is 2.11. The number of hydrogen-bond acceptors (Lipinski definition) is 4. The fraction of sp³-hybridized carbons (Fsp3) is 0.292. The van der Waals surface area contributed by atoms with E-state index in [2.05, 4.69) is 22.0 Å². The summed E-state index contributed by atoms with van der Waals surface area (Å²) in [6.45, 7) is 6.05. The zero-order valence-corrected chi connectivity index (χ0v) is 18.7. The number of amides is 3. The molecule has 7 heteroatoms. The summed E-state index contributed by atoms with van der Waals surface area (Å²) in [7, 11) is 0. The van der Waals surface area contributed by atoms with E-state index in [0.29, 0.717) is 5.56 Å². The van der Waals surface area contributed by atoms with Gasteiger partial charge in [0.15, 0.2) is 11.3 Å². The summed E-state index contributed by atoms with van der Waals surface area (Å²) in [5.41, 5.74) is 2.49. The number of rotatable bonds is 7. The van der Waals surface area contributed by atoms with E-state index in [-0.39, 0.29) is 12.3 Å². The smallest absolute Gasteiger partial charge is 0.325 e. The van der Waals surface area contributed by atoms with E-state index >= 15 is 0 Å². The molecule has 1 saturated heterocycles. The zero-order chi connectivity index (χ0) is 22.2. The molecule has 1 unspecified atom stereocenters. The first-order valence-corrected chi connectivity index (χ1v) is 11.1. The summed E-state index contributed by atoms with van der Waals surface area (Å²) in [6, 6.07) is 15.2. The number of nitrogens with zero attached hydrogens (tertiary/aromatic N) is 2. The second-order valence-electron chi connectivity index (χ2n) is 8.02. The van der Waals surface area contributed by atoms with Gasteiger partial charge in [0, 0.05) is 28.4 Å². The van der Waals surface area contributed by atoms with E-state index in [1.165, 1.54) is 16.9 Å². The largest absolute Gasteiger partial charge is 0.348 e. The van der Waals surface area contributed by atoms with Gasteiger partial charge in [0.2, 0.25) is 0 Å². The Morgan fingerprint density at radius 3 is 2.52 bits per heavy atom. The maximum Gasteiger partial charge on any atom is 0.325 e. The van der Waals surface area contributed by atoms with Crippen molar-refractivity contribution in [2.75, 3.05) is 6.54 Å². The lowest BCUT2D eigenvalue weighted by Crippen LogP contribution is -2.40. The number of urea groups is 1. The molecule has 1 atom stereocenters. The molecule has 0 bridgehead atoms. The molecule has 0 aliphatic carbocycles. The van der Waals surface area contributed by atoms with Gasteiger partial charge in [-0.1, -0.05) is 36.4 Å². The maximum absolute atomic E-state index is 13.1. The second kappa shape index (κ2) is 8.15. The standard InChI is InChI=1S/C24H25N3O3S/c1-16-14-19(17(2)26(16)12-11-18-8-5-4-6-9-18)20(28)15-27-22(29)24(3,25-23(27)30)21-10-7-13-31-21/h4-10,13-14H,11-12,15H2,1-3H3,(H,25,30). The van der Waals surface area contributed by atoms with Gasteiger partial charge in [0.25, 0.3) is 5.91 Å². The molecule has 3 aromatic rings. The minimum Gasteiger partial charge on any atom is -0.348 e. The van der Waals surface area contributed by atoms with Crippen LogP contribution in [0.1, 0.15) is 39.1 Å². The van der Waals surface area contributed by atoms with Crippen LogP contribution in [0.2, 0.25) is 0 Å². The predicted molar refractivity (Wildman–Crippen MR) is 120 cm³/mol. The van der Waals surface area contributed by atoms with Gasteiger partial charge in [0.05, 0.1) is 6.54 Å². The summed E-state index contributed by atoms with van der Waals surface area (Å²) in [5, 5.41) is 4.61. The SMILES string of the molecule is Cc1cc(C(=O)CN2C(=O)NC(C)(c3cccs3)C2=O)c(C)n1CCc1ccccc1. The highest BCUT2D eigenvalue weighted by Crippen LogP contribution is 2.32. The summed E-state index contributed by atoms with van der Waals surface area (Å²) in [5.74, 6) is -0.635. The summed E-state index contributed by atoms with van der Waals surface area (Å²) in [4.78, 5) is 40.4. The fourth-order valence-electron chi connectivity index (χ4n) is 4.11. The third-order valence-electron chi connectivity index (χ3n) is 5.93. The fourth-order valence-corrected chi connectivity index (χ4v) is 4.95. The van der Waals surface area contributed by atoms with E-state index < -0.39 is 17.5 Å². The second-order valence-corrected chi connectivity index (χ2v) is 8.97. The number of imide groups is 1. The van der Waals surface area contributed by atoms with Crippen LogP contribution < -0.4 is 5.32 Å².